The molecular formula is C30H51N3O6S. The van der Waals surface area contributed by atoms with Gasteiger partial charge in [-0.25, -0.2) is 8.42 Å². The van der Waals surface area contributed by atoms with E-state index < -0.39 is 16.1 Å². The number of aliphatic hydroxyl groups is 1. The zero-order valence-corrected chi connectivity index (χ0v) is 25.9. The summed E-state index contributed by atoms with van der Waals surface area (Å²) in [5.74, 6) is 0.846. The molecule has 1 saturated carbocycles. The SMILES string of the molecule is C[C@@H]1CCCCO[C@@H](CN(C)CC2CCCCC2)[C@@H](C)CN([C@@H](C)CO)C(=O)c2cc(NS(C)(=O)=O)ccc2O1. The number of sulfonamides is 1. The molecular weight excluding hydrogens is 530 g/mol. The van der Waals surface area contributed by atoms with Crippen LogP contribution in [-0.4, -0.2) is 93.6 Å². The number of hydrogen-bond acceptors (Lipinski definition) is 7. The Kier molecular flexibility index (Phi) is 12.5. The number of fused-ring (bicyclic) bond motifs is 1. The molecule has 0 spiro atoms. The first-order valence-electron chi connectivity index (χ1n) is 15.0. The standard InChI is InChI=1S/C30H51N3O6S/c1-22-18-33(23(2)21-34)30(35)27-17-26(31-40(5,36)37)14-15-28(27)39-24(3)11-9-10-16-38-29(22)20-32(4)19-25-12-7-6-8-13-25/h14-15,17,22-25,29,31,34H,6-13,16,18-21H2,1-5H3/t22-,23-,24+,29-/m0/s1. The molecule has 4 atom stereocenters. The van der Waals surface area contributed by atoms with Crippen molar-refractivity contribution < 1.29 is 27.8 Å². The van der Waals surface area contributed by atoms with E-state index in [1.807, 2.05) is 13.8 Å². The molecule has 0 unspecified atom stereocenters. The Morgan fingerprint density at radius 3 is 2.48 bits per heavy atom. The summed E-state index contributed by atoms with van der Waals surface area (Å²) in [4.78, 5) is 18.1. The molecule has 2 aliphatic rings. The van der Waals surface area contributed by atoms with Crippen LogP contribution in [0.1, 0.15) is 82.5 Å². The van der Waals surface area contributed by atoms with Gasteiger partial charge < -0.3 is 24.4 Å². The van der Waals surface area contributed by atoms with Crippen LogP contribution in [0.4, 0.5) is 5.69 Å². The molecule has 1 fully saturated rings. The normalized spacial score (nSPS) is 25.1. The van der Waals surface area contributed by atoms with Crippen LogP contribution in [0.5, 0.6) is 5.75 Å². The van der Waals surface area contributed by atoms with Crippen LogP contribution in [0.25, 0.3) is 0 Å². The van der Waals surface area contributed by atoms with Crippen LogP contribution in [0, 0.1) is 11.8 Å². The summed E-state index contributed by atoms with van der Waals surface area (Å²) < 4.78 is 38.9. The van der Waals surface area contributed by atoms with Crippen LogP contribution < -0.4 is 9.46 Å². The number of rotatable bonds is 8. The Bertz CT molecular complexity index is 1050. The maximum Gasteiger partial charge on any atom is 0.258 e. The Morgan fingerprint density at radius 2 is 1.80 bits per heavy atom. The summed E-state index contributed by atoms with van der Waals surface area (Å²) >= 11 is 0. The van der Waals surface area contributed by atoms with Crippen molar-refractivity contribution in [2.75, 3.05) is 50.9 Å². The maximum atomic E-state index is 14.1. The van der Waals surface area contributed by atoms with Crippen LogP contribution >= 0.6 is 0 Å². The lowest BCUT2D eigenvalue weighted by Gasteiger charge is -2.36. The average Bonchev–Trinajstić information content (AvgIpc) is 2.90. The van der Waals surface area contributed by atoms with Crippen molar-refractivity contribution >= 4 is 21.6 Å². The van der Waals surface area contributed by atoms with E-state index in [1.165, 1.54) is 38.2 Å². The van der Waals surface area contributed by atoms with E-state index in [4.69, 9.17) is 9.47 Å². The van der Waals surface area contributed by atoms with E-state index in [2.05, 4.69) is 23.6 Å². The van der Waals surface area contributed by atoms with Gasteiger partial charge in [-0.3, -0.25) is 9.52 Å². The summed E-state index contributed by atoms with van der Waals surface area (Å²) in [7, 11) is -1.36. The molecule has 1 amide bonds. The van der Waals surface area contributed by atoms with E-state index in [9.17, 15) is 18.3 Å². The first-order chi connectivity index (χ1) is 19.0. The maximum absolute atomic E-state index is 14.1. The molecule has 0 saturated heterocycles. The number of benzene rings is 1. The number of aliphatic hydroxyl groups excluding tert-OH is 1. The summed E-state index contributed by atoms with van der Waals surface area (Å²) in [5, 5.41) is 10.1. The Labute approximate surface area is 241 Å². The van der Waals surface area contributed by atoms with Gasteiger partial charge in [-0.1, -0.05) is 26.2 Å². The number of nitrogens with one attached hydrogen (secondary N) is 1. The Hall–Kier alpha value is -1.88. The quantitative estimate of drug-likeness (QED) is 0.470. The molecule has 1 aromatic carbocycles. The average molecular weight is 582 g/mol. The largest absolute Gasteiger partial charge is 0.490 e. The summed E-state index contributed by atoms with van der Waals surface area (Å²) in [6.07, 6.45) is 10.1. The molecule has 1 aliphatic heterocycles. The van der Waals surface area contributed by atoms with Gasteiger partial charge in [0.1, 0.15) is 5.75 Å². The van der Waals surface area contributed by atoms with E-state index in [0.29, 0.717) is 24.6 Å². The fourth-order valence-electron chi connectivity index (χ4n) is 5.85. The zero-order chi connectivity index (χ0) is 29.3. The van der Waals surface area contributed by atoms with Crippen molar-refractivity contribution in [1.29, 1.82) is 0 Å². The van der Waals surface area contributed by atoms with E-state index in [0.717, 1.165) is 44.5 Å². The second-order valence-electron chi connectivity index (χ2n) is 12.1. The second kappa shape index (κ2) is 15.4. The summed E-state index contributed by atoms with van der Waals surface area (Å²) in [5.41, 5.74) is 0.569. The van der Waals surface area contributed by atoms with Crippen molar-refractivity contribution in [3.8, 4) is 5.75 Å². The highest BCUT2D eigenvalue weighted by atomic mass is 32.2. The summed E-state index contributed by atoms with van der Waals surface area (Å²) in [6.45, 7) is 8.59. The molecule has 10 heteroatoms. The van der Waals surface area contributed by atoms with E-state index >= 15 is 0 Å². The van der Waals surface area contributed by atoms with Gasteiger partial charge in [-0.15, -0.1) is 0 Å². The number of amides is 1. The Morgan fingerprint density at radius 1 is 1.10 bits per heavy atom. The molecule has 9 nitrogen and oxygen atoms in total. The third-order valence-corrected chi connectivity index (χ3v) is 8.75. The van der Waals surface area contributed by atoms with Crippen LogP contribution in [0.2, 0.25) is 0 Å². The minimum absolute atomic E-state index is 0.00955. The van der Waals surface area contributed by atoms with E-state index in [-0.39, 0.29) is 36.2 Å². The fraction of sp³-hybridized carbons (Fsp3) is 0.767. The van der Waals surface area contributed by atoms with Crippen molar-refractivity contribution in [2.45, 2.75) is 90.4 Å². The van der Waals surface area contributed by atoms with Crippen molar-refractivity contribution in [2.24, 2.45) is 11.8 Å². The lowest BCUT2D eigenvalue weighted by Crippen LogP contribution is -2.47. The number of hydrogen-bond donors (Lipinski definition) is 2. The number of nitrogens with zero attached hydrogens (tertiary/aromatic N) is 2. The molecule has 2 N–H and O–H groups in total. The van der Waals surface area contributed by atoms with Gasteiger partial charge >= 0.3 is 0 Å². The van der Waals surface area contributed by atoms with Crippen LogP contribution in [-0.2, 0) is 14.8 Å². The predicted molar refractivity (Wildman–Crippen MR) is 159 cm³/mol. The number of ether oxygens (including phenoxy) is 2. The highest BCUT2D eigenvalue weighted by Crippen LogP contribution is 2.29. The van der Waals surface area contributed by atoms with Crippen molar-refractivity contribution in [3.05, 3.63) is 23.8 Å². The van der Waals surface area contributed by atoms with Gasteiger partial charge in [0.25, 0.3) is 5.91 Å². The molecule has 0 radical (unpaired) electrons. The topological polar surface area (TPSA) is 108 Å². The molecule has 1 aliphatic carbocycles. The van der Waals surface area contributed by atoms with E-state index in [1.54, 1.807) is 17.0 Å². The van der Waals surface area contributed by atoms with Crippen molar-refractivity contribution in [3.63, 3.8) is 0 Å². The fourth-order valence-corrected chi connectivity index (χ4v) is 6.41. The minimum atomic E-state index is -3.53. The highest BCUT2D eigenvalue weighted by Gasteiger charge is 2.31. The lowest BCUT2D eigenvalue weighted by atomic mass is 9.89. The van der Waals surface area contributed by atoms with Crippen molar-refractivity contribution in [1.82, 2.24) is 9.80 Å². The highest BCUT2D eigenvalue weighted by molar-refractivity contribution is 7.92. The van der Waals surface area contributed by atoms with Crippen LogP contribution in [0.15, 0.2) is 18.2 Å². The molecule has 1 heterocycles. The minimum Gasteiger partial charge on any atom is -0.490 e. The zero-order valence-electron chi connectivity index (χ0n) is 25.1. The number of likely N-dealkylation sites (N-methyl/N-ethyl adjacent to an activating group) is 1. The van der Waals surface area contributed by atoms with Gasteiger partial charge in [0.2, 0.25) is 10.0 Å². The first-order valence-corrected chi connectivity index (χ1v) is 16.9. The predicted octanol–water partition coefficient (Wildman–Crippen LogP) is 4.37. The van der Waals surface area contributed by atoms with Gasteiger partial charge in [0, 0.05) is 37.8 Å². The molecule has 40 heavy (non-hydrogen) atoms. The smallest absolute Gasteiger partial charge is 0.258 e. The monoisotopic (exact) mass is 581 g/mol. The van der Waals surface area contributed by atoms with Crippen LogP contribution in [0.3, 0.4) is 0 Å². The van der Waals surface area contributed by atoms with Gasteiger partial charge in [0.05, 0.1) is 36.7 Å². The second-order valence-corrected chi connectivity index (χ2v) is 13.9. The number of carbonyl (C=O) groups is 1. The third kappa shape index (κ3) is 10.2. The molecule has 1 aromatic rings. The lowest BCUT2D eigenvalue weighted by molar-refractivity contribution is -0.0190. The number of anilines is 1. The van der Waals surface area contributed by atoms with Gasteiger partial charge in [-0.2, -0.15) is 0 Å². The van der Waals surface area contributed by atoms with Gasteiger partial charge in [-0.05, 0) is 77.1 Å². The summed E-state index contributed by atoms with van der Waals surface area (Å²) in [6, 6.07) is 4.35. The first kappa shape index (κ1) is 32.6. The number of carbonyl (C=O) groups excluding carboxylic acids is 1. The third-order valence-electron chi connectivity index (χ3n) is 8.14. The molecule has 0 bridgehead atoms. The molecule has 228 valence electrons. The molecule has 3 rings (SSSR count). The Balaban J connectivity index is 1.89. The molecule has 0 aromatic heterocycles. The van der Waals surface area contributed by atoms with Gasteiger partial charge in [0.15, 0.2) is 0 Å².